The summed E-state index contributed by atoms with van der Waals surface area (Å²) >= 11 is 0. The standard InChI is InChI=1S/C15H31O3P/c1-4-6-7-8-9-10-11-12-13-14-19(16,17)18-15(3)5-2/h4,15H,1,5-14H2,2-3H3,(H,16,17). The quantitative estimate of drug-likeness (QED) is 0.284. The largest absolute Gasteiger partial charge is 0.328 e. The van der Waals surface area contributed by atoms with Crippen LogP contribution in [0, 0.1) is 0 Å². The van der Waals surface area contributed by atoms with Crippen LogP contribution in [0.5, 0.6) is 0 Å². The second-order valence-corrected chi connectivity index (χ2v) is 7.17. The lowest BCUT2D eigenvalue weighted by Crippen LogP contribution is -2.06. The Balaban J connectivity index is 3.42. The molecule has 0 saturated heterocycles. The molecule has 2 atom stereocenters. The van der Waals surface area contributed by atoms with Gasteiger partial charge in [-0.15, -0.1) is 6.58 Å². The third-order valence-corrected chi connectivity index (χ3v) is 4.84. The van der Waals surface area contributed by atoms with Gasteiger partial charge in [0, 0.05) is 6.16 Å². The second-order valence-electron chi connectivity index (χ2n) is 5.24. The van der Waals surface area contributed by atoms with E-state index in [4.69, 9.17) is 4.52 Å². The number of unbranched alkanes of at least 4 members (excludes halogenated alkanes) is 7. The van der Waals surface area contributed by atoms with Crippen molar-refractivity contribution in [3.63, 3.8) is 0 Å². The zero-order chi connectivity index (χ0) is 14.6. The van der Waals surface area contributed by atoms with Gasteiger partial charge in [0.25, 0.3) is 0 Å². The van der Waals surface area contributed by atoms with Gasteiger partial charge in [0.15, 0.2) is 0 Å². The molecule has 2 unspecified atom stereocenters. The minimum atomic E-state index is -3.35. The summed E-state index contributed by atoms with van der Waals surface area (Å²) in [4.78, 5) is 9.64. The van der Waals surface area contributed by atoms with Crippen molar-refractivity contribution in [3.05, 3.63) is 12.7 Å². The molecule has 0 saturated carbocycles. The Labute approximate surface area is 119 Å². The first-order chi connectivity index (χ1) is 9.02. The van der Waals surface area contributed by atoms with Crippen LogP contribution in [0.1, 0.15) is 71.6 Å². The maximum Gasteiger partial charge on any atom is 0.328 e. The van der Waals surface area contributed by atoms with Crippen molar-refractivity contribution in [2.45, 2.75) is 77.7 Å². The molecule has 0 aromatic carbocycles. The van der Waals surface area contributed by atoms with Crippen LogP contribution in [-0.4, -0.2) is 17.2 Å². The maximum absolute atomic E-state index is 11.7. The first-order valence-electron chi connectivity index (χ1n) is 7.63. The van der Waals surface area contributed by atoms with E-state index in [1.807, 2.05) is 19.9 Å². The van der Waals surface area contributed by atoms with Crippen molar-refractivity contribution in [1.82, 2.24) is 0 Å². The van der Waals surface area contributed by atoms with E-state index in [0.29, 0.717) is 6.16 Å². The predicted molar refractivity (Wildman–Crippen MR) is 82.7 cm³/mol. The van der Waals surface area contributed by atoms with Gasteiger partial charge in [0.05, 0.1) is 6.10 Å². The molecule has 0 aliphatic rings. The summed E-state index contributed by atoms with van der Waals surface area (Å²) in [5.74, 6) is 0. The summed E-state index contributed by atoms with van der Waals surface area (Å²) in [7, 11) is -3.35. The molecule has 0 aliphatic heterocycles. The Kier molecular flexibility index (Phi) is 11.6. The topological polar surface area (TPSA) is 46.5 Å². The van der Waals surface area contributed by atoms with Gasteiger partial charge >= 0.3 is 7.60 Å². The van der Waals surface area contributed by atoms with Crippen molar-refractivity contribution < 1.29 is 14.0 Å². The zero-order valence-electron chi connectivity index (χ0n) is 12.6. The minimum absolute atomic E-state index is 0.124. The van der Waals surface area contributed by atoms with Crippen LogP contribution in [0.4, 0.5) is 0 Å². The number of allylic oxidation sites excluding steroid dienone is 1. The lowest BCUT2D eigenvalue weighted by molar-refractivity contribution is 0.185. The molecular weight excluding hydrogens is 259 g/mol. The fourth-order valence-corrected chi connectivity index (χ4v) is 3.33. The van der Waals surface area contributed by atoms with E-state index in [9.17, 15) is 9.46 Å². The Morgan fingerprint density at radius 3 is 2.21 bits per heavy atom. The number of hydrogen-bond donors (Lipinski definition) is 1. The van der Waals surface area contributed by atoms with Gasteiger partial charge in [-0.3, -0.25) is 4.57 Å². The highest BCUT2D eigenvalue weighted by Crippen LogP contribution is 2.44. The molecule has 19 heavy (non-hydrogen) atoms. The van der Waals surface area contributed by atoms with Gasteiger partial charge in [-0.1, -0.05) is 45.1 Å². The molecule has 0 radical (unpaired) electrons. The maximum atomic E-state index is 11.7. The third kappa shape index (κ3) is 12.7. The smallest absolute Gasteiger partial charge is 0.324 e. The molecule has 0 aromatic heterocycles. The van der Waals surface area contributed by atoms with Crippen LogP contribution < -0.4 is 0 Å². The van der Waals surface area contributed by atoms with Crippen LogP contribution in [0.3, 0.4) is 0 Å². The van der Waals surface area contributed by atoms with Crippen molar-refractivity contribution >= 4 is 7.60 Å². The SMILES string of the molecule is C=CCCCCCCCCCP(=O)(O)OC(C)CC. The molecular formula is C15H31O3P. The molecule has 1 N–H and O–H groups in total. The molecule has 0 aliphatic carbocycles. The molecule has 3 nitrogen and oxygen atoms in total. The third-order valence-electron chi connectivity index (χ3n) is 3.27. The zero-order valence-corrected chi connectivity index (χ0v) is 13.5. The van der Waals surface area contributed by atoms with Crippen molar-refractivity contribution in [1.29, 1.82) is 0 Å². The van der Waals surface area contributed by atoms with Gasteiger partial charge in [0.2, 0.25) is 0 Å². The molecule has 0 spiro atoms. The summed E-state index contributed by atoms with van der Waals surface area (Å²) in [6, 6.07) is 0. The van der Waals surface area contributed by atoms with E-state index in [-0.39, 0.29) is 6.10 Å². The molecule has 0 heterocycles. The Hall–Kier alpha value is -0.110. The van der Waals surface area contributed by atoms with E-state index in [1.54, 1.807) is 0 Å². The summed E-state index contributed by atoms with van der Waals surface area (Å²) in [6.07, 6.45) is 12.0. The summed E-state index contributed by atoms with van der Waals surface area (Å²) in [5, 5.41) is 0. The average molecular weight is 290 g/mol. The molecule has 0 aromatic rings. The monoisotopic (exact) mass is 290 g/mol. The Morgan fingerprint density at radius 1 is 1.16 bits per heavy atom. The van der Waals surface area contributed by atoms with Crippen LogP contribution in [-0.2, 0) is 9.09 Å². The lowest BCUT2D eigenvalue weighted by atomic mass is 10.1. The van der Waals surface area contributed by atoms with E-state index in [2.05, 4.69) is 6.58 Å². The van der Waals surface area contributed by atoms with E-state index >= 15 is 0 Å². The first-order valence-corrected chi connectivity index (χ1v) is 9.39. The van der Waals surface area contributed by atoms with E-state index in [0.717, 1.165) is 32.1 Å². The van der Waals surface area contributed by atoms with Crippen molar-refractivity contribution in [2.24, 2.45) is 0 Å². The van der Waals surface area contributed by atoms with Gasteiger partial charge < -0.3 is 9.42 Å². The van der Waals surface area contributed by atoms with E-state index < -0.39 is 7.60 Å². The van der Waals surface area contributed by atoms with Gasteiger partial charge in [-0.25, -0.2) is 0 Å². The summed E-state index contributed by atoms with van der Waals surface area (Å²) in [6.45, 7) is 7.50. The highest BCUT2D eigenvalue weighted by molar-refractivity contribution is 7.52. The van der Waals surface area contributed by atoms with Gasteiger partial charge in [-0.2, -0.15) is 0 Å². The van der Waals surface area contributed by atoms with Crippen LogP contribution in [0.15, 0.2) is 12.7 Å². The highest BCUT2D eigenvalue weighted by atomic mass is 31.2. The van der Waals surface area contributed by atoms with Crippen LogP contribution >= 0.6 is 7.60 Å². The van der Waals surface area contributed by atoms with Crippen LogP contribution in [0.25, 0.3) is 0 Å². The first kappa shape index (κ1) is 18.9. The molecule has 0 bridgehead atoms. The average Bonchev–Trinajstić information content (AvgIpc) is 2.36. The fourth-order valence-electron chi connectivity index (χ4n) is 1.89. The predicted octanol–water partition coefficient (Wildman–Crippen LogP) is 5.29. The molecule has 0 fully saturated rings. The van der Waals surface area contributed by atoms with Crippen LogP contribution in [0.2, 0.25) is 0 Å². The Bertz CT molecular complexity index is 266. The summed E-state index contributed by atoms with van der Waals surface area (Å²) < 4.78 is 16.9. The van der Waals surface area contributed by atoms with Gasteiger partial charge in [0.1, 0.15) is 0 Å². The van der Waals surface area contributed by atoms with Gasteiger partial charge in [-0.05, 0) is 32.6 Å². The second kappa shape index (κ2) is 11.7. The normalized spacial score (nSPS) is 15.9. The molecule has 114 valence electrons. The van der Waals surface area contributed by atoms with Crippen molar-refractivity contribution in [3.8, 4) is 0 Å². The number of rotatable bonds is 13. The lowest BCUT2D eigenvalue weighted by Gasteiger charge is -2.16. The van der Waals surface area contributed by atoms with E-state index in [1.165, 1.54) is 25.7 Å². The minimum Gasteiger partial charge on any atom is -0.324 e. The highest BCUT2D eigenvalue weighted by Gasteiger charge is 2.20. The Morgan fingerprint density at radius 2 is 1.68 bits per heavy atom. The molecule has 0 amide bonds. The van der Waals surface area contributed by atoms with Crippen molar-refractivity contribution in [2.75, 3.05) is 6.16 Å². The fraction of sp³-hybridized carbons (Fsp3) is 0.867. The molecule has 4 heteroatoms. The summed E-state index contributed by atoms with van der Waals surface area (Å²) in [5.41, 5.74) is 0. The number of hydrogen-bond acceptors (Lipinski definition) is 2. The molecule has 0 rings (SSSR count).